The van der Waals surface area contributed by atoms with E-state index in [1.807, 2.05) is 24.3 Å². The van der Waals surface area contributed by atoms with Crippen molar-refractivity contribution in [1.29, 1.82) is 0 Å². The van der Waals surface area contributed by atoms with Crippen molar-refractivity contribution in [2.75, 3.05) is 41.4 Å². The standard InChI is InChI=1S/C21H27N5O3S/c22-14-1-3-15(4-2-14)29-16-5-10-26(11-6-16)20-23-17-7-12-30(28)18(17)19(24-20)25-21(13-27)8-9-21/h1-4,16,27H,5-13,22H2,(H,23,24,25). The number of ether oxygens (including phenoxy) is 1. The van der Waals surface area contributed by atoms with E-state index >= 15 is 0 Å². The lowest BCUT2D eigenvalue weighted by atomic mass is 10.1. The first-order valence-corrected chi connectivity index (χ1v) is 11.8. The highest BCUT2D eigenvalue weighted by atomic mass is 32.2. The van der Waals surface area contributed by atoms with E-state index in [-0.39, 0.29) is 18.2 Å². The highest BCUT2D eigenvalue weighted by molar-refractivity contribution is 7.91. The van der Waals surface area contributed by atoms with Crippen LogP contribution in [0.4, 0.5) is 17.5 Å². The number of benzene rings is 1. The molecule has 9 heteroatoms. The minimum Gasteiger partial charge on any atom is -0.611 e. The monoisotopic (exact) mass is 429 g/mol. The second-order valence-electron chi connectivity index (χ2n) is 8.38. The number of piperidine rings is 1. The van der Waals surface area contributed by atoms with E-state index in [0.717, 1.165) is 60.8 Å². The molecule has 1 aromatic carbocycles. The molecule has 160 valence electrons. The van der Waals surface area contributed by atoms with E-state index < -0.39 is 11.2 Å². The lowest BCUT2D eigenvalue weighted by Crippen LogP contribution is -2.39. The number of fused-ring (bicyclic) bond motifs is 1. The molecule has 2 fully saturated rings. The van der Waals surface area contributed by atoms with Gasteiger partial charge in [0.1, 0.15) is 23.3 Å². The minimum atomic E-state index is -1.08. The Morgan fingerprint density at radius 1 is 1.23 bits per heavy atom. The number of aryl methyl sites for hydroxylation is 1. The number of aromatic nitrogens is 2. The molecule has 1 atom stereocenters. The number of anilines is 3. The Labute approximate surface area is 179 Å². The second-order valence-corrected chi connectivity index (χ2v) is 9.89. The van der Waals surface area contributed by atoms with Gasteiger partial charge in [0, 0.05) is 38.0 Å². The van der Waals surface area contributed by atoms with Gasteiger partial charge in [0.05, 0.1) is 12.1 Å². The normalized spacial score (nSPS) is 22.6. The summed E-state index contributed by atoms with van der Waals surface area (Å²) in [6.07, 6.45) is 4.40. The molecule has 3 aliphatic rings. The maximum absolute atomic E-state index is 12.5. The zero-order valence-corrected chi connectivity index (χ0v) is 17.7. The van der Waals surface area contributed by atoms with Gasteiger partial charge < -0.3 is 30.3 Å². The molecule has 2 aromatic rings. The lowest BCUT2D eigenvalue weighted by molar-refractivity contribution is 0.170. The third-order valence-corrected chi connectivity index (χ3v) is 7.58. The fraction of sp³-hybridized carbons (Fsp3) is 0.524. The van der Waals surface area contributed by atoms with Gasteiger partial charge in [-0.2, -0.15) is 4.98 Å². The number of nitrogen functional groups attached to an aromatic ring is 1. The van der Waals surface area contributed by atoms with Crippen molar-refractivity contribution in [1.82, 2.24) is 9.97 Å². The number of nitrogens with one attached hydrogen (secondary N) is 1. The van der Waals surface area contributed by atoms with Crippen LogP contribution < -0.4 is 20.7 Å². The molecule has 3 heterocycles. The van der Waals surface area contributed by atoms with Gasteiger partial charge >= 0.3 is 0 Å². The van der Waals surface area contributed by atoms with Crippen molar-refractivity contribution in [3.63, 3.8) is 0 Å². The fourth-order valence-electron chi connectivity index (χ4n) is 4.05. The number of nitrogens with two attached hydrogens (primary N) is 1. The summed E-state index contributed by atoms with van der Waals surface area (Å²) in [5.74, 6) is 2.74. The van der Waals surface area contributed by atoms with Crippen LogP contribution in [0.1, 0.15) is 31.4 Å². The summed E-state index contributed by atoms with van der Waals surface area (Å²) in [6, 6.07) is 7.50. The van der Waals surface area contributed by atoms with Crippen LogP contribution >= 0.6 is 0 Å². The van der Waals surface area contributed by atoms with Crippen LogP contribution in [0, 0.1) is 0 Å². The van der Waals surface area contributed by atoms with Gasteiger partial charge in [-0.15, -0.1) is 0 Å². The van der Waals surface area contributed by atoms with Crippen molar-refractivity contribution in [3.05, 3.63) is 30.0 Å². The predicted molar refractivity (Wildman–Crippen MR) is 116 cm³/mol. The third kappa shape index (κ3) is 3.89. The Hall–Kier alpha value is -2.23. The maximum Gasteiger partial charge on any atom is 0.227 e. The molecule has 5 rings (SSSR count). The number of hydrogen-bond donors (Lipinski definition) is 3. The van der Waals surface area contributed by atoms with Crippen LogP contribution in [-0.4, -0.2) is 56.7 Å². The van der Waals surface area contributed by atoms with E-state index in [9.17, 15) is 9.66 Å². The zero-order chi connectivity index (χ0) is 20.7. The summed E-state index contributed by atoms with van der Waals surface area (Å²) in [5, 5.41) is 13.1. The molecule has 8 nitrogen and oxygen atoms in total. The molecule has 1 saturated heterocycles. The van der Waals surface area contributed by atoms with Gasteiger partial charge in [0.15, 0.2) is 5.82 Å². The average molecular weight is 430 g/mol. The largest absolute Gasteiger partial charge is 0.611 e. The topological polar surface area (TPSA) is 120 Å². The Bertz CT molecular complexity index is 914. The van der Waals surface area contributed by atoms with Gasteiger partial charge in [0.2, 0.25) is 10.8 Å². The Morgan fingerprint density at radius 3 is 2.63 bits per heavy atom. The van der Waals surface area contributed by atoms with Crippen molar-refractivity contribution in [2.45, 2.75) is 48.6 Å². The van der Waals surface area contributed by atoms with Gasteiger partial charge in [-0.25, -0.2) is 4.98 Å². The molecule has 0 bridgehead atoms. The van der Waals surface area contributed by atoms with Gasteiger partial charge in [-0.05, 0) is 48.3 Å². The van der Waals surface area contributed by atoms with Crippen LogP contribution in [-0.2, 0) is 17.6 Å². The molecule has 1 aromatic heterocycles. The number of hydrogen-bond acceptors (Lipinski definition) is 8. The highest BCUT2D eigenvalue weighted by Gasteiger charge is 2.45. The first kappa shape index (κ1) is 19.7. The molecular weight excluding hydrogens is 402 g/mol. The molecule has 1 unspecified atom stereocenters. The van der Waals surface area contributed by atoms with Crippen LogP contribution in [0.3, 0.4) is 0 Å². The number of aliphatic hydroxyl groups is 1. The molecule has 0 spiro atoms. The molecule has 2 aliphatic heterocycles. The third-order valence-electron chi connectivity index (χ3n) is 6.12. The van der Waals surface area contributed by atoms with Gasteiger partial charge in [0.25, 0.3) is 0 Å². The summed E-state index contributed by atoms with van der Waals surface area (Å²) >= 11 is -1.08. The molecule has 4 N–H and O–H groups in total. The van der Waals surface area contributed by atoms with E-state index in [1.54, 1.807) is 0 Å². The average Bonchev–Trinajstić information content (AvgIpc) is 3.44. The minimum absolute atomic E-state index is 0.0572. The molecule has 30 heavy (non-hydrogen) atoms. The summed E-state index contributed by atoms with van der Waals surface area (Å²) < 4.78 is 18.6. The summed E-state index contributed by atoms with van der Waals surface area (Å²) in [6.45, 7) is 1.65. The smallest absolute Gasteiger partial charge is 0.227 e. The highest BCUT2D eigenvalue weighted by Crippen LogP contribution is 2.41. The summed E-state index contributed by atoms with van der Waals surface area (Å²) in [4.78, 5) is 12.4. The quantitative estimate of drug-likeness (QED) is 0.469. The van der Waals surface area contributed by atoms with E-state index in [0.29, 0.717) is 23.9 Å². The second kappa shape index (κ2) is 7.79. The molecule has 1 saturated carbocycles. The first-order valence-electron chi connectivity index (χ1n) is 10.5. The SMILES string of the molecule is Nc1ccc(OC2CCN(c3nc4c(c(NC5(CO)CC5)n3)[S+]([O-])CC4)CC2)cc1. The zero-order valence-electron chi connectivity index (χ0n) is 16.8. The summed E-state index contributed by atoms with van der Waals surface area (Å²) in [7, 11) is 0. The predicted octanol–water partition coefficient (Wildman–Crippen LogP) is 1.71. The Morgan fingerprint density at radius 2 is 1.97 bits per heavy atom. The Kier molecular flexibility index (Phi) is 5.12. The fourth-order valence-corrected chi connectivity index (χ4v) is 5.35. The molecular formula is C21H27N5O3S. The Balaban J connectivity index is 1.30. The van der Waals surface area contributed by atoms with E-state index in [4.69, 9.17) is 20.4 Å². The molecule has 0 amide bonds. The number of aliphatic hydroxyl groups excluding tert-OH is 1. The van der Waals surface area contributed by atoms with Crippen LogP contribution in [0.15, 0.2) is 29.2 Å². The number of nitrogens with zero attached hydrogens (tertiary/aromatic N) is 3. The maximum atomic E-state index is 12.5. The van der Waals surface area contributed by atoms with Crippen LogP contribution in [0.5, 0.6) is 5.75 Å². The van der Waals surface area contributed by atoms with Crippen molar-refractivity contribution >= 4 is 28.6 Å². The van der Waals surface area contributed by atoms with Crippen molar-refractivity contribution < 1.29 is 14.4 Å². The molecule has 0 radical (unpaired) electrons. The van der Waals surface area contributed by atoms with Gasteiger partial charge in [-0.1, -0.05) is 0 Å². The first-order chi connectivity index (χ1) is 14.5. The van der Waals surface area contributed by atoms with Crippen LogP contribution in [0.25, 0.3) is 0 Å². The van der Waals surface area contributed by atoms with Crippen molar-refractivity contribution in [2.24, 2.45) is 0 Å². The molecule has 1 aliphatic carbocycles. The summed E-state index contributed by atoms with van der Waals surface area (Å²) in [5.41, 5.74) is 7.02. The van der Waals surface area contributed by atoms with E-state index in [1.165, 1.54) is 0 Å². The van der Waals surface area contributed by atoms with Crippen LogP contribution in [0.2, 0.25) is 0 Å². The van der Waals surface area contributed by atoms with E-state index in [2.05, 4.69) is 10.2 Å². The number of rotatable bonds is 6. The van der Waals surface area contributed by atoms with Crippen molar-refractivity contribution in [3.8, 4) is 5.75 Å². The van der Waals surface area contributed by atoms with Gasteiger partial charge in [-0.3, -0.25) is 0 Å². The lowest BCUT2D eigenvalue weighted by Gasteiger charge is -2.32.